The van der Waals surface area contributed by atoms with Gasteiger partial charge in [0.05, 0.1) is 12.9 Å². The zero-order valence-electron chi connectivity index (χ0n) is 18.4. The minimum atomic E-state index is -0.108. The summed E-state index contributed by atoms with van der Waals surface area (Å²) < 4.78 is 7.27. The van der Waals surface area contributed by atoms with Crippen molar-refractivity contribution in [1.82, 2.24) is 25.0 Å². The van der Waals surface area contributed by atoms with Crippen molar-refractivity contribution in [3.8, 4) is 5.75 Å². The molecule has 0 atom stereocenters. The molecule has 3 aromatic rings. The maximum atomic E-state index is 12.5. The quantitative estimate of drug-likeness (QED) is 0.457. The van der Waals surface area contributed by atoms with E-state index >= 15 is 0 Å². The number of nitrogens with zero attached hydrogens (tertiary/aromatic N) is 5. The number of nitrogens with one attached hydrogen (secondary N) is 1. The summed E-state index contributed by atoms with van der Waals surface area (Å²) in [6.45, 7) is 2.79. The van der Waals surface area contributed by atoms with Gasteiger partial charge in [0.2, 0.25) is 11.0 Å². The summed E-state index contributed by atoms with van der Waals surface area (Å²) in [4.78, 5) is 12.5. The second-order valence-electron chi connectivity index (χ2n) is 7.79. The van der Waals surface area contributed by atoms with Crippen molar-refractivity contribution in [2.75, 3.05) is 18.2 Å². The molecule has 1 amide bonds. The van der Waals surface area contributed by atoms with Crippen LogP contribution >= 0.6 is 23.1 Å². The molecule has 8 nitrogen and oxygen atoms in total. The lowest BCUT2D eigenvalue weighted by atomic mass is 9.90. The fraction of sp³-hybridized carbons (Fsp3) is 0.500. The van der Waals surface area contributed by atoms with E-state index in [4.69, 9.17) is 4.74 Å². The summed E-state index contributed by atoms with van der Waals surface area (Å²) in [5.74, 6) is 2.34. The topological polar surface area (TPSA) is 94.8 Å². The third-order valence-corrected chi connectivity index (χ3v) is 7.57. The Labute approximate surface area is 196 Å². The molecule has 170 valence electrons. The van der Waals surface area contributed by atoms with Crippen LogP contribution in [0.25, 0.3) is 0 Å². The first-order chi connectivity index (χ1) is 15.7. The molecule has 2 heterocycles. The highest BCUT2D eigenvalue weighted by atomic mass is 32.2. The zero-order chi connectivity index (χ0) is 22.3. The van der Waals surface area contributed by atoms with Crippen LogP contribution in [-0.2, 0) is 17.8 Å². The highest BCUT2D eigenvalue weighted by molar-refractivity contribution is 7.99. The van der Waals surface area contributed by atoms with Crippen molar-refractivity contribution >= 4 is 34.1 Å². The molecule has 2 aromatic heterocycles. The molecule has 32 heavy (non-hydrogen) atoms. The zero-order valence-corrected chi connectivity index (χ0v) is 20.0. The third kappa shape index (κ3) is 5.66. The predicted octanol–water partition coefficient (Wildman–Crippen LogP) is 4.53. The second kappa shape index (κ2) is 10.9. The predicted molar refractivity (Wildman–Crippen MR) is 127 cm³/mol. The van der Waals surface area contributed by atoms with Gasteiger partial charge in [-0.25, -0.2) is 0 Å². The first-order valence-corrected chi connectivity index (χ1v) is 12.8. The number of benzene rings is 1. The van der Waals surface area contributed by atoms with Crippen LogP contribution in [0.1, 0.15) is 61.3 Å². The molecular weight excluding hydrogens is 444 g/mol. The molecule has 0 spiro atoms. The SMILES string of the molecule is CCn1c(Cc2ccc(OC)cc2)nnc1SCC(=O)Nc1nnc(C2CCCCC2)s1. The van der Waals surface area contributed by atoms with Crippen LogP contribution in [-0.4, -0.2) is 43.7 Å². The molecule has 4 rings (SSSR count). The van der Waals surface area contributed by atoms with Crippen LogP contribution in [0.3, 0.4) is 0 Å². The molecule has 10 heteroatoms. The Morgan fingerprint density at radius 2 is 1.94 bits per heavy atom. The van der Waals surface area contributed by atoms with Crippen LogP contribution in [0.5, 0.6) is 5.75 Å². The summed E-state index contributed by atoms with van der Waals surface area (Å²) in [7, 11) is 1.66. The van der Waals surface area contributed by atoms with Crippen molar-refractivity contribution in [3.63, 3.8) is 0 Å². The molecule has 1 fully saturated rings. The number of amides is 1. The number of thioether (sulfide) groups is 1. The van der Waals surface area contributed by atoms with Crippen molar-refractivity contribution in [3.05, 3.63) is 40.7 Å². The summed E-state index contributed by atoms with van der Waals surface area (Å²) >= 11 is 2.88. The first kappa shape index (κ1) is 22.7. The van der Waals surface area contributed by atoms with Crippen LogP contribution in [0.4, 0.5) is 5.13 Å². The number of hydrogen-bond acceptors (Lipinski definition) is 8. The Morgan fingerprint density at radius 1 is 1.16 bits per heavy atom. The van der Waals surface area contributed by atoms with Crippen molar-refractivity contribution < 1.29 is 9.53 Å². The normalized spacial score (nSPS) is 14.4. The van der Waals surface area contributed by atoms with Gasteiger partial charge in [0.25, 0.3) is 0 Å². The number of carbonyl (C=O) groups is 1. The second-order valence-corrected chi connectivity index (χ2v) is 9.74. The lowest BCUT2D eigenvalue weighted by Gasteiger charge is -2.18. The van der Waals surface area contributed by atoms with Gasteiger partial charge in [-0.1, -0.05) is 54.5 Å². The smallest absolute Gasteiger partial charge is 0.236 e. The van der Waals surface area contributed by atoms with Crippen LogP contribution in [0, 0.1) is 0 Å². The molecule has 0 saturated heterocycles. The molecule has 0 radical (unpaired) electrons. The number of rotatable bonds is 9. The Bertz CT molecular complexity index is 1030. The van der Waals surface area contributed by atoms with E-state index in [1.54, 1.807) is 7.11 Å². The summed E-state index contributed by atoms with van der Waals surface area (Å²) in [5.41, 5.74) is 1.13. The molecule has 1 saturated carbocycles. The lowest BCUT2D eigenvalue weighted by Crippen LogP contribution is -2.14. The van der Waals surface area contributed by atoms with E-state index in [0.29, 0.717) is 17.5 Å². The molecule has 0 aliphatic heterocycles. The fourth-order valence-corrected chi connectivity index (χ4v) is 5.64. The van der Waals surface area contributed by atoms with E-state index in [1.165, 1.54) is 55.2 Å². The van der Waals surface area contributed by atoms with Crippen molar-refractivity contribution in [1.29, 1.82) is 0 Å². The van der Waals surface area contributed by atoms with Crippen LogP contribution in [0.2, 0.25) is 0 Å². The number of methoxy groups -OCH3 is 1. The average Bonchev–Trinajstić information content (AvgIpc) is 3.45. The molecular formula is C22H28N6O2S2. The van der Waals surface area contributed by atoms with Crippen LogP contribution < -0.4 is 10.1 Å². The maximum Gasteiger partial charge on any atom is 0.236 e. The maximum absolute atomic E-state index is 12.5. The van der Waals surface area contributed by atoms with Gasteiger partial charge >= 0.3 is 0 Å². The van der Waals surface area contributed by atoms with Gasteiger partial charge in [0.1, 0.15) is 16.6 Å². The monoisotopic (exact) mass is 472 g/mol. The molecule has 1 N–H and O–H groups in total. The summed E-state index contributed by atoms with van der Waals surface area (Å²) in [6.07, 6.45) is 6.82. The Hall–Kier alpha value is -2.46. The number of anilines is 1. The minimum Gasteiger partial charge on any atom is -0.497 e. The van der Waals surface area contributed by atoms with Crippen molar-refractivity contribution in [2.24, 2.45) is 0 Å². The highest BCUT2D eigenvalue weighted by Gasteiger charge is 2.20. The average molecular weight is 473 g/mol. The van der Waals surface area contributed by atoms with Gasteiger partial charge in [0.15, 0.2) is 5.16 Å². The fourth-order valence-electron chi connectivity index (χ4n) is 3.89. The molecule has 1 aliphatic carbocycles. The number of hydrogen-bond donors (Lipinski definition) is 1. The van der Waals surface area contributed by atoms with E-state index < -0.39 is 0 Å². The van der Waals surface area contributed by atoms with Gasteiger partial charge in [-0.15, -0.1) is 20.4 Å². The Morgan fingerprint density at radius 3 is 2.66 bits per heavy atom. The third-order valence-electron chi connectivity index (χ3n) is 5.60. The van der Waals surface area contributed by atoms with Gasteiger partial charge in [-0.3, -0.25) is 10.1 Å². The van der Waals surface area contributed by atoms with Gasteiger partial charge in [-0.05, 0) is 37.5 Å². The standard InChI is InChI=1S/C22H28N6O2S2/c1-3-28-18(13-15-9-11-17(30-2)12-10-15)24-27-22(28)31-14-19(29)23-21-26-25-20(32-21)16-7-5-4-6-8-16/h9-12,16H,3-8,13-14H2,1-2H3,(H,23,26,29). The minimum absolute atomic E-state index is 0.108. The van der Waals surface area contributed by atoms with Crippen molar-refractivity contribution in [2.45, 2.75) is 63.1 Å². The first-order valence-electron chi connectivity index (χ1n) is 11.0. The van der Waals surface area contributed by atoms with Gasteiger partial charge in [-0.2, -0.15) is 0 Å². The summed E-state index contributed by atoms with van der Waals surface area (Å²) in [5, 5.41) is 22.4. The largest absolute Gasteiger partial charge is 0.497 e. The number of aromatic nitrogens is 5. The van der Waals surface area contributed by atoms with Gasteiger partial charge < -0.3 is 9.30 Å². The van der Waals surface area contributed by atoms with E-state index in [9.17, 15) is 4.79 Å². The molecule has 0 unspecified atom stereocenters. The Balaban J connectivity index is 1.32. The van der Waals surface area contributed by atoms with Crippen LogP contribution in [0.15, 0.2) is 29.4 Å². The number of carbonyl (C=O) groups excluding carboxylic acids is 1. The van der Waals surface area contributed by atoms with E-state index in [1.807, 2.05) is 28.8 Å². The number of ether oxygens (including phenoxy) is 1. The van der Waals surface area contributed by atoms with E-state index in [0.717, 1.165) is 33.8 Å². The summed E-state index contributed by atoms with van der Waals surface area (Å²) in [6, 6.07) is 7.93. The lowest BCUT2D eigenvalue weighted by molar-refractivity contribution is -0.113. The molecule has 1 aliphatic rings. The molecule has 1 aromatic carbocycles. The Kier molecular flexibility index (Phi) is 7.75. The molecule has 0 bridgehead atoms. The van der Waals surface area contributed by atoms with E-state index in [2.05, 4.69) is 32.6 Å². The highest BCUT2D eigenvalue weighted by Crippen LogP contribution is 2.35. The van der Waals surface area contributed by atoms with Gasteiger partial charge in [0, 0.05) is 18.9 Å². The van der Waals surface area contributed by atoms with E-state index in [-0.39, 0.29) is 11.7 Å².